The number of amides is 2. The number of carbonyl (C=O) groups is 2. The Morgan fingerprint density at radius 2 is 1.89 bits per heavy atom. The molecular weight excluding hydrogens is 374 g/mol. The number of hydrogen-bond acceptors (Lipinski definition) is 3. The van der Waals surface area contributed by atoms with Crippen molar-refractivity contribution in [2.24, 2.45) is 0 Å². The molecule has 1 aromatic carbocycles. The van der Waals surface area contributed by atoms with Crippen LogP contribution in [-0.2, 0) is 0 Å². The van der Waals surface area contributed by atoms with Gasteiger partial charge in [0.15, 0.2) is 0 Å². The van der Waals surface area contributed by atoms with Gasteiger partial charge in [-0.05, 0) is 62.8 Å². The van der Waals surface area contributed by atoms with Crippen molar-refractivity contribution < 1.29 is 9.59 Å². The molecule has 1 heterocycles. The maximum atomic E-state index is 12.5. The number of carbonyl (C=O) groups excluding carboxylic acids is 2. The molecule has 2 aromatic rings. The highest BCUT2D eigenvalue weighted by Gasteiger charge is 2.12. The van der Waals surface area contributed by atoms with Crippen molar-refractivity contribution in [2.75, 3.05) is 11.9 Å². The van der Waals surface area contributed by atoms with E-state index in [0.717, 1.165) is 24.8 Å². The van der Waals surface area contributed by atoms with Crippen LogP contribution in [0.15, 0.2) is 48.3 Å². The van der Waals surface area contributed by atoms with Crippen LogP contribution in [0, 0.1) is 6.92 Å². The fourth-order valence-electron chi connectivity index (χ4n) is 3.13. The second-order valence-electron chi connectivity index (χ2n) is 6.99. The first-order chi connectivity index (χ1) is 13.5. The third kappa shape index (κ3) is 5.42. The SMILES string of the molecule is Cc1ccc(NC(=O)c2cncc(C(=O)NCCC3=CCCCC3)c2)cc1Cl. The second-order valence-corrected chi connectivity index (χ2v) is 7.40. The number of halogens is 1. The molecule has 1 aromatic heterocycles. The van der Waals surface area contributed by atoms with E-state index in [1.165, 1.54) is 30.8 Å². The molecule has 0 spiro atoms. The molecule has 0 radical (unpaired) electrons. The van der Waals surface area contributed by atoms with Gasteiger partial charge in [-0.2, -0.15) is 0 Å². The molecule has 5 nitrogen and oxygen atoms in total. The molecule has 28 heavy (non-hydrogen) atoms. The lowest BCUT2D eigenvalue weighted by molar-refractivity contribution is 0.0953. The molecule has 0 fully saturated rings. The van der Waals surface area contributed by atoms with Crippen LogP contribution in [0.5, 0.6) is 0 Å². The number of rotatable bonds is 6. The summed E-state index contributed by atoms with van der Waals surface area (Å²) in [7, 11) is 0. The standard InChI is InChI=1S/C22H24ClN3O2/c1-15-7-8-19(12-20(15)23)26-22(28)18-11-17(13-24-14-18)21(27)25-10-9-16-5-3-2-4-6-16/h5,7-8,11-14H,2-4,6,9-10H2,1H3,(H,25,27)(H,26,28). The van der Waals surface area contributed by atoms with Crippen molar-refractivity contribution in [3.8, 4) is 0 Å². The van der Waals surface area contributed by atoms with E-state index in [1.54, 1.807) is 18.2 Å². The molecule has 0 saturated carbocycles. The molecule has 0 bridgehead atoms. The number of hydrogen-bond donors (Lipinski definition) is 2. The highest BCUT2D eigenvalue weighted by molar-refractivity contribution is 6.31. The van der Waals surface area contributed by atoms with E-state index in [9.17, 15) is 9.59 Å². The fourth-order valence-corrected chi connectivity index (χ4v) is 3.31. The van der Waals surface area contributed by atoms with Crippen molar-refractivity contribution in [1.29, 1.82) is 0 Å². The number of aryl methyl sites for hydroxylation is 1. The van der Waals surface area contributed by atoms with Gasteiger partial charge < -0.3 is 10.6 Å². The van der Waals surface area contributed by atoms with Gasteiger partial charge in [-0.1, -0.05) is 29.3 Å². The van der Waals surface area contributed by atoms with Gasteiger partial charge in [0.2, 0.25) is 0 Å². The van der Waals surface area contributed by atoms with Gasteiger partial charge in [0.1, 0.15) is 0 Å². The van der Waals surface area contributed by atoms with Crippen LogP contribution < -0.4 is 10.6 Å². The fraction of sp³-hybridized carbons (Fsp3) is 0.318. The topological polar surface area (TPSA) is 71.1 Å². The Bertz CT molecular complexity index is 908. The van der Waals surface area contributed by atoms with Crippen LogP contribution in [-0.4, -0.2) is 23.3 Å². The third-order valence-corrected chi connectivity index (χ3v) is 5.22. The van der Waals surface area contributed by atoms with Crippen LogP contribution in [0.25, 0.3) is 0 Å². The number of pyridine rings is 1. The smallest absolute Gasteiger partial charge is 0.257 e. The van der Waals surface area contributed by atoms with E-state index < -0.39 is 0 Å². The molecule has 1 aliphatic rings. The van der Waals surface area contributed by atoms with Gasteiger partial charge >= 0.3 is 0 Å². The Balaban J connectivity index is 1.59. The van der Waals surface area contributed by atoms with Gasteiger partial charge in [-0.15, -0.1) is 0 Å². The molecule has 1 aliphatic carbocycles. The summed E-state index contributed by atoms with van der Waals surface area (Å²) < 4.78 is 0. The zero-order valence-electron chi connectivity index (χ0n) is 15.9. The number of anilines is 1. The molecule has 0 saturated heterocycles. The van der Waals surface area contributed by atoms with Crippen LogP contribution in [0.4, 0.5) is 5.69 Å². The lowest BCUT2D eigenvalue weighted by Crippen LogP contribution is -2.25. The third-order valence-electron chi connectivity index (χ3n) is 4.81. The monoisotopic (exact) mass is 397 g/mol. The van der Waals surface area contributed by atoms with Crippen molar-refractivity contribution in [3.05, 3.63) is 70.0 Å². The molecule has 2 amide bonds. The predicted molar refractivity (Wildman–Crippen MR) is 112 cm³/mol. The molecule has 2 N–H and O–H groups in total. The van der Waals surface area contributed by atoms with Crippen molar-refractivity contribution >= 4 is 29.1 Å². The lowest BCUT2D eigenvalue weighted by Gasteiger charge is -2.13. The van der Waals surface area contributed by atoms with E-state index >= 15 is 0 Å². The van der Waals surface area contributed by atoms with Crippen LogP contribution in [0.1, 0.15) is 58.4 Å². The molecule has 6 heteroatoms. The molecule has 0 atom stereocenters. The summed E-state index contributed by atoms with van der Waals surface area (Å²) in [6.07, 6.45) is 10.8. The van der Waals surface area contributed by atoms with E-state index in [1.807, 2.05) is 13.0 Å². The first-order valence-corrected chi connectivity index (χ1v) is 9.89. The number of allylic oxidation sites excluding steroid dienone is 1. The Morgan fingerprint density at radius 1 is 1.11 bits per heavy atom. The zero-order valence-corrected chi connectivity index (χ0v) is 16.7. The first-order valence-electron chi connectivity index (χ1n) is 9.51. The Labute approximate surface area is 170 Å². The number of nitrogens with one attached hydrogen (secondary N) is 2. The summed E-state index contributed by atoms with van der Waals surface area (Å²) in [6.45, 7) is 2.48. The van der Waals surface area contributed by atoms with Crippen molar-refractivity contribution in [1.82, 2.24) is 10.3 Å². The summed E-state index contributed by atoms with van der Waals surface area (Å²) in [5.41, 5.74) is 3.63. The van der Waals surface area contributed by atoms with E-state index in [2.05, 4.69) is 21.7 Å². The molecule has 0 unspecified atom stereocenters. The summed E-state index contributed by atoms with van der Waals surface area (Å²) in [4.78, 5) is 28.9. The van der Waals surface area contributed by atoms with E-state index in [0.29, 0.717) is 28.4 Å². The summed E-state index contributed by atoms with van der Waals surface area (Å²) in [5.74, 6) is -0.564. The lowest BCUT2D eigenvalue weighted by atomic mass is 9.97. The first kappa shape index (κ1) is 20.1. The van der Waals surface area contributed by atoms with Crippen LogP contribution in [0.3, 0.4) is 0 Å². The zero-order chi connectivity index (χ0) is 19.9. The summed E-state index contributed by atoms with van der Waals surface area (Å²) in [6, 6.07) is 6.86. The van der Waals surface area contributed by atoms with Gasteiger partial charge in [-0.3, -0.25) is 14.6 Å². The Morgan fingerprint density at radius 3 is 2.61 bits per heavy atom. The molecular formula is C22H24ClN3O2. The number of aromatic nitrogens is 1. The maximum absolute atomic E-state index is 12.5. The molecule has 3 rings (SSSR count). The Kier molecular flexibility index (Phi) is 6.82. The van der Waals surface area contributed by atoms with Gasteiger partial charge in [-0.25, -0.2) is 0 Å². The second kappa shape index (κ2) is 9.51. The predicted octanol–water partition coefficient (Wildman–Crippen LogP) is 4.92. The highest BCUT2D eigenvalue weighted by atomic mass is 35.5. The average Bonchev–Trinajstić information content (AvgIpc) is 2.71. The minimum atomic E-state index is -0.338. The minimum Gasteiger partial charge on any atom is -0.352 e. The minimum absolute atomic E-state index is 0.225. The summed E-state index contributed by atoms with van der Waals surface area (Å²) >= 11 is 6.09. The van der Waals surface area contributed by atoms with Gasteiger partial charge in [0, 0.05) is 29.6 Å². The number of nitrogens with zero attached hydrogens (tertiary/aromatic N) is 1. The van der Waals surface area contributed by atoms with Crippen molar-refractivity contribution in [3.63, 3.8) is 0 Å². The normalized spacial score (nSPS) is 13.6. The summed E-state index contributed by atoms with van der Waals surface area (Å²) in [5, 5.41) is 6.26. The van der Waals surface area contributed by atoms with Crippen molar-refractivity contribution in [2.45, 2.75) is 39.0 Å². The van der Waals surface area contributed by atoms with Gasteiger partial charge in [0.25, 0.3) is 11.8 Å². The van der Waals surface area contributed by atoms with Crippen LogP contribution >= 0.6 is 11.6 Å². The quantitative estimate of drug-likeness (QED) is 0.680. The molecule has 0 aliphatic heterocycles. The molecule has 146 valence electrons. The Hall–Kier alpha value is -2.66. The average molecular weight is 398 g/mol. The van der Waals surface area contributed by atoms with E-state index in [-0.39, 0.29) is 11.8 Å². The van der Waals surface area contributed by atoms with Gasteiger partial charge in [0.05, 0.1) is 11.1 Å². The highest BCUT2D eigenvalue weighted by Crippen LogP contribution is 2.21. The number of benzene rings is 1. The van der Waals surface area contributed by atoms with E-state index in [4.69, 9.17) is 11.6 Å². The van der Waals surface area contributed by atoms with Crippen LogP contribution in [0.2, 0.25) is 5.02 Å². The maximum Gasteiger partial charge on any atom is 0.257 e. The largest absolute Gasteiger partial charge is 0.352 e.